The van der Waals surface area contributed by atoms with E-state index in [4.69, 9.17) is 5.11 Å². The third-order valence-corrected chi connectivity index (χ3v) is 3.13. The highest BCUT2D eigenvalue weighted by Crippen LogP contribution is 2.22. The van der Waals surface area contributed by atoms with E-state index in [0.29, 0.717) is 0 Å². The Kier molecular flexibility index (Phi) is 5.17. The third kappa shape index (κ3) is 3.75. The number of amides is 1. The molecule has 108 valence electrons. The van der Waals surface area contributed by atoms with Crippen LogP contribution in [0.3, 0.4) is 0 Å². The first-order valence-corrected chi connectivity index (χ1v) is 6.19. The lowest BCUT2D eigenvalue weighted by molar-refractivity contribution is -0.384. The van der Waals surface area contributed by atoms with Gasteiger partial charge in [0.1, 0.15) is 0 Å². The largest absolute Gasteiger partial charge is 0.480 e. The van der Waals surface area contributed by atoms with Crippen molar-refractivity contribution in [2.75, 3.05) is 0 Å². The maximum atomic E-state index is 11.9. The van der Waals surface area contributed by atoms with Crippen LogP contribution in [0.4, 0.5) is 5.69 Å². The van der Waals surface area contributed by atoms with Crippen molar-refractivity contribution in [1.82, 2.24) is 5.32 Å². The number of hydrogen-bond donors (Lipinski definition) is 3. The number of nitrogens with one attached hydrogen (secondary N) is 1. The van der Waals surface area contributed by atoms with Crippen LogP contribution < -0.4 is 5.32 Å². The molecule has 3 N–H and O–H groups in total. The van der Waals surface area contributed by atoms with Crippen molar-refractivity contribution in [2.24, 2.45) is 0 Å². The fraction of sp³-hybridized carbons (Fsp3) is 0.273. The molecule has 0 saturated heterocycles. The number of carbonyl (C=O) groups is 2. The number of halogens is 1. The fourth-order valence-electron chi connectivity index (χ4n) is 1.41. The quantitative estimate of drug-likeness (QED) is 0.536. The third-order valence-electron chi connectivity index (χ3n) is 2.44. The van der Waals surface area contributed by atoms with Crippen molar-refractivity contribution in [1.29, 1.82) is 0 Å². The molecule has 1 rings (SSSR count). The number of nitro benzene ring substituents is 1. The number of hydrogen-bond acceptors (Lipinski definition) is 5. The Balaban J connectivity index is 3.05. The molecule has 2 atom stereocenters. The number of nitrogens with zero attached hydrogens (tertiary/aromatic N) is 1. The molecule has 0 aliphatic carbocycles. The molecule has 0 fully saturated rings. The minimum absolute atomic E-state index is 0.0916. The first kappa shape index (κ1) is 16.1. The monoisotopic (exact) mass is 346 g/mol. The molecule has 0 aliphatic heterocycles. The summed E-state index contributed by atoms with van der Waals surface area (Å²) in [4.78, 5) is 32.8. The number of carboxylic acids is 1. The highest BCUT2D eigenvalue weighted by atomic mass is 79.9. The summed E-state index contributed by atoms with van der Waals surface area (Å²) >= 11 is 3.05. The number of carbonyl (C=O) groups excluding carboxylic acids is 1. The molecule has 2 unspecified atom stereocenters. The molecule has 0 heterocycles. The normalized spacial score (nSPS) is 13.3. The van der Waals surface area contributed by atoms with Crippen molar-refractivity contribution in [3.63, 3.8) is 0 Å². The summed E-state index contributed by atoms with van der Waals surface area (Å²) in [5.41, 5.74) is -0.395. The van der Waals surface area contributed by atoms with Crippen LogP contribution in [-0.2, 0) is 4.79 Å². The molecule has 9 heteroatoms. The van der Waals surface area contributed by atoms with E-state index in [2.05, 4.69) is 21.2 Å². The van der Waals surface area contributed by atoms with E-state index in [-0.39, 0.29) is 15.7 Å². The summed E-state index contributed by atoms with van der Waals surface area (Å²) in [6.07, 6.45) is -1.31. The van der Waals surface area contributed by atoms with Crippen molar-refractivity contribution < 1.29 is 24.7 Å². The number of benzene rings is 1. The predicted molar refractivity (Wildman–Crippen MR) is 71.4 cm³/mol. The molecular formula is C11H11BrN2O6. The lowest BCUT2D eigenvalue weighted by atomic mass is 10.1. The second kappa shape index (κ2) is 6.44. The van der Waals surface area contributed by atoms with Gasteiger partial charge in [-0.15, -0.1) is 0 Å². The standard InChI is InChI=1S/C11H11BrN2O6/c1-5(15)9(11(17)18)13-10(16)7-4-6(14(19)20)2-3-8(7)12/h2-5,9,15H,1H3,(H,13,16)(H,17,18). The minimum atomic E-state index is -1.51. The molecule has 1 aromatic rings. The number of non-ortho nitro benzene ring substituents is 1. The van der Waals surface area contributed by atoms with Gasteiger partial charge in [-0.1, -0.05) is 0 Å². The van der Waals surface area contributed by atoms with Gasteiger partial charge in [0.25, 0.3) is 11.6 Å². The Morgan fingerprint density at radius 2 is 2.05 bits per heavy atom. The van der Waals surface area contributed by atoms with Gasteiger partial charge < -0.3 is 15.5 Å². The van der Waals surface area contributed by atoms with Crippen LogP contribution >= 0.6 is 15.9 Å². The number of rotatable bonds is 5. The van der Waals surface area contributed by atoms with Gasteiger partial charge in [-0.25, -0.2) is 4.79 Å². The first-order chi connectivity index (χ1) is 9.23. The van der Waals surface area contributed by atoms with E-state index in [9.17, 15) is 24.8 Å². The first-order valence-electron chi connectivity index (χ1n) is 5.39. The molecule has 0 aliphatic rings. The lowest BCUT2D eigenvalue weighted by Crippen LogP contribution is -2.47. The maximum Gasteiger partial charge on any atom is 0.328 e. The Bertz CT molecular complexity index is 560. The second-order valence-corrected chi connectivity index (χ2v) is 4.81. The van der Waals surface area contributed by atoms with Crippen LogP contribution in [0.5, 0.6) is 0 Å². The van der Waals surface area contributed by atoms with E-state index in [1.807, 2.05) is 0 Å². The molecule has 1 aromatic carbocycles. The molecule has 0 spiro atoms. The number of aliphatic hydroxyl groups excluding tert-OH is 1. The fourth-order valence-corrected chi connectivity index (χ4v) is 1.84. The van der Waals surface area contributed by atoms with E-state index in [0.717, 1.165) is 6.07 Å². The van der Waals surface area contributed by atoms with Gasteiger partial charge in [-0.2, -0.15) is 0 Å². The van der Waals surface area contributed by atoms with Gasteiger partial charge in [-0.3, -0.25) is 14.9 Å². The van der Waals surface area contributed by atoms with Gasteiger partial charge in [0.15, 0.2) is 6.04 Å². The van der Waals surface area contributed by atoms with E-state index in [1.165, 1.54) is 19.1 Å². The molecule has 0 radical (unpaired) electrons. The van der Waals surface area contributed by atoms with Crippen LogP contribution in [0.15, 0.2) is 22.7 Å². The second-order valence-electron chi connectivity index (χ2n) is 3.95. The Morgan fingerprint density at radius 1 is 1.45 bits per heavy atom. The van der Waals surface area contributed by atoms with Crippen molar-refractivity contribution in [2.45, 2.75) is 19.1 Å². The van der Waals surface area contributed by atoms with Crippen molar-refractivity contribution in [3.8, 4) is 0 Å². The predicted octanol–water partition coefficient (Wildman–Crippen LogP) is 0.921. The minimum Gasteiger partial charge on any atom is -0.480 e. The highest BCUT2D eigenvalue weighted by molar-refractivity contribution is 9.10. The molecule has 0 aromatic heterocycles. The molecule has 0 saturated carbocycles. The molecule has 1 amide bonds. The van der Waals surface area contributed by atoms with Gasteiger partial charge in [-0.05, 0) is 28.9 Å². The summed E-state index contributed by atoms with van der Waals surface area (Å²) < 4.78 is 0.273. The number of nitro groups is 1. The lowest BCUT2D eigenvalue weighted by Gasteiger charge is -2.17. The summed E-state index contributed by atoms with van der Waals surface area (Å²) in [6.45, 7) is 1.21. The van der Waals surface area contributed by atoms with Gasteiger partial charge in [0.05, 0.1) is 16.6 Å². The summed E-state index contributed by atoms with van der Waals surface area (Å²) in [5, 5.41) is 30.9. The zero-order valence-corrected chi connectivity index (χ0v) is 11.8. The van der Waals surface area contributed by atoms with Crippen LogP contribution in [0, 0.1) is 10.1 Å². The van der Waals surface area contributed by atoms with Crippen molar-refractivity contribution >= 4 is 33.5 Å². The van der Waals surface area contributed by atoms with Crippen LogP contribution in [-0.4, -0.2) is 39.2 Å². The number of carboxylic acid groups (broad SMARTS) is 1. The summed E-state index contributed by atoms with van der Waals surface area (Å²) in [7, 11) is 0. The van der Waals surface area contributed by atoms with Gasteiger partial charge in [0.2, 0.25) is 0 Å². The van der Waals surface area contributed by atoms with Crippen molar-refractivity contribution in [3.05, 3.63) is 38.3 Å². The average Bonchev–Trinajstić information content (AvgIpc) is 2.34. The summed E-state index contributed by atoms with van der Waals surface area (Å²) in [5.74, 6) is -2.25. The zero-order valence-electron chi connectivity index (χ0n) is 10.2. The van der Waals surface area contributed by atoms with E-state index >= 15 is 0 Å². The highest BCUT2D eigenvalue weighted by Gasteiger charge is 2.26. The zero-order chi connectivity index (χ0) is 15.4. The Hall–Kier alpha value is -2.00. The average molecular weight is 347 g/mol. The molecule has 0 bridgehead atoms. The summed E-state index contributed by atoms with van der Waals surface area (Å²) in [6, 6.07) is 2.02. The molecule has 8 nitrogen and oxygen atoms in total. The Morgan fingerprint density at radius 3 is 2.50 bits per heavy atom. The topological polar surface area (TPSA) is 130 Å². The molecule has 20 heavy (non-hydrogen) atoms. The van der Waals surface area contributed by atoms with Crippen LogP contribution in [0.1, 0.15) is 17.3 Å². The van der Waals surface area contributed by atoms with E-state index in [1.54, 1.807) is 0 Å². The maximum absolute atomic E-state index is 11.9. The molecular weight excluding hydrogens is 336 g/mol. The van der Waals surface area contributed by atoms with Gasteiger partial charge >= 0.3 is 5.97 Å². The van der Waals surface area contributed by atoms with E-state index < -0.39 is 28.9 Å². The Labute approximate surface area is 121 Å². The number of aliphatic hydroxyl groups is 1. The van der Waals surface area contributed by atoms with Gasteiger partial charge in [0, 0.05) is 16.6 Å². The number of aliphatic carboxylic acids is 1. The van der Waals surface area contributed by atoms with Crippen LogP contribution in [0.2, 0.25) is 0 Å². The SMILES string of the molecule is CC(O)C(NC(=O)c1cc([N+](=O)[O-])ccc1Br)C(=O)O. The van der Waals surface area contributed by atoms with Crippen LogP contribution in [0.25, 0.3) is 0 Å². The smallest absolute Gasteiger partial charge is 0.328 e.